The molecule has 2 rings (SSSR count). The number of nitriles is 1. The number of hydrogen-bond acceptors (Lipinski definition) is 8. The first-order valence-electron chi connectivity index (χ1n) is 8.06. The van der Waals surface area contributed by atoms with Gasteiger partial charge in [0.1, 0.15) is 17.4 Å². The largest absolute Gasteiger partial charge is 0.469 e. The quantitative estimate of drug-likeness (QED) is 0.567. The Balaban J connectivity index is 2.88. The first kappa shape index (κ1) is 21.4. The van der Waals surface area contributed by atoms with Crippen LogP contribution in [0.1, 0.15) is 5.56 Å². The van der Waals surface area contributed by atoms with Crippen LogP contribution >= 0.6 is 23.5 Å². The van der Waals surface area contributed by atoms with Crippen molar-refractivity contribution >= 4 is 35.5 Å². The molecule has 0 unspecified atom stereocenters. The van der Waals surface area contributed by atoms with Crippen LogP contribution in [0.3, 0.4) is 0 Å². The van der Waals surface area contributed by atoms with Crippen LogP contribution in [0, 0.1) is 23.2 Å². The van der Waals surface area contributed by atoms with E-state index in [0.717, 1.165) is 0 Å². The third-order valence-electron chi connectivity index (χ3n) is 4.70. The lowest BCUT2D eigenvalue weighted by molar-refractivity contribution is -0.163. The molecule has 3 atom stereocenters. The second-order valence-corrected chi connectivity index (χ2v) is 8.06. The van der Waals surface area contributed by atoms with E-state index in [1.54, 1.807) is 30.3 Å². The van der Waals surface area contributed by atoms with Gasteiger partial charge < -0.3 is 14.6 Å². The van der Waals surface area contributed by atoms with Crippen LogP contribution < -0.4 is 0 Å². The summed E-state index contributed by atoms with van der Waals surface area (Å²) >= 11 is 2.83. The molecule has 1 aliphatic carbocycles. The zero-order valence-electron chi connectivity index (χ0n) is 15.5. The average Bonchev–Trinajstić information content (AvgIpc) is 2.98. The highest BCUT2D eigenvalue weighted by molar-refractivity contribution is 8.16. The number of carbonyl (C=O) groups excluding carboxylic acids is 2. The third kappa shape index (κ3) is 3.47. The summed E-state index contributed by atoms with van der Waals surface area (Å²) in [6, 6.07) is 10.6. The van der Waals surface area contributed by atoms with E-state index >= 15 is 0 Å². The van der Waals surface area contributed by atoms with Gasteiger partial charge in [0.15, 0.2) is 0 Å². The molecule has 0 spiro atoms. The molecule has 0 saturated carbocycles. The Morgan fingerprint density at radius 2 is 1.70 bits per heavy atom. The molecule has 0 fully saturated rings. The number of rotatable bonds is 6. The van der Waals surface area contributed by atoms with Gasteiger partial charge in [0, 0.05) is 11.1 Å². The molecule has 1 aromatic carbocycles. The Hall–Kier alpha value is -1.95. The monoisotopic (exact) mass is 407 g/mol. The van der Waals surface area contributed by atoms with Crippen molar-refractivity contribution in [2.45, 2.75) is 10.2 Å². The van der Waals surface area contributed by atoms with E-state index in [-0.39, 0.29) is 10.2 Å². The summed E-state index contributed by atoms with van der Waals surface area (Å²) in [5.41, 5.74) is -1.06. The molecule has 0 radical (unpaired) electrons. The molecule has 0 saturated heterocycles. The smallest absolute Gasteiger partial charge is 0.314 e. The SMILES string of the molecule is COC(=O)[C@H]1C(C#N)=C(C(SC)SC)[C@@](O)(c2ccccc2)[C@@H]1C(=O)OC. The second kappa shape index (κ2) is 8.83. The minimum Gasteiger partial charge on any atom is -0.469 e. The highest BCUT2D eigenvalue weighted by Gasteiger charge is 2.62. The van der Waals surface area contributed by atoms with Gasteiger partial charge in [0.05, 0.1) is 24.9 Å². The van der Waals surface area contributed by atoms with Gasteiger partial charge in [0.25, 0.3) is 0 Å². The molecule has 8 heteroatoms. The summed E-state index contributed by atoms with van der Waals surface area (Å²) < 4.78 is 9.43. The predicted octanol–water partition coefficient (Wildman–Crippen LogP) is 2.34. The van der Waals surface area contributed by atoms with Crippen molar-refractivity contribution in [2.75, 3.05) is 26.7 Å². The number of benzene rings is 1. The van der Waals surface area contributed by atoms with Gasteiger partial charge in [-0.15, -0.1) is 23.5 Å². The van der Waals surface area contributed by atoms with E-state index in [4.69, 9.17) is 9.47 Å². The second-order valence-electron chi connectivity index (χ2n) is 5.88. The zero-order chi connectivity index (χ0) is 20.2. The molecular formula is C19H21NO5S2. The van der Waals surface area contributed by atoms with Crippen molar-refractivity contribution in [1.82, 2.24) is 0 Å². The first-order valence-corrected chi connectivity index (χ1v) is 10.6. The van der Waals surface area contributed by atoms with Crippen LogP contribution in [0.4, 0.5) is 0 Å². The number of hydrogen-bond donors (Lipinski definition) is 1. The number of methoxy groups -OCH3 is 2. The Bertz CT molecular complexity index is 785. The summed E-state index contributed by atoms with van der Waals surface area (Å²) in [6.07, 6.45) is 3.68. The highest BCUT2D eigenvalue weighted by atomic mass is 32.2. The molecule has 144 valence electrons. The van der Waals surface area contributed by atoms with Crippen molar-refractivity contribution in [1.29, 1.82) is 5.26 Å². The summed E-state index contributed by atoms with van der Waals surface area (Å²) in [6.45, 7) is 0. The first-order chi connectivity index (χ1) is 12.9. The number of ether oxygens (including phenoxy) is 2. The lowest BCUT2D eigenvalue weighted by Crippen LogP contribution is -2.44. The highest BCUT2D eigenvalue weighted by Crippen LogP contribution is 2.55. The van der Waals surface area contributed by atoms with Crippen molar-refractivity contribution < 1.29 is 24.2 Å². The van der Waals surface area contributed by atoms with Crippen LogP contribution in [0.15, 0.2) is 41.5 Å². The maximum atomic E-state index is 12.7. The zero-order valence-corrected chi connectivity index (χ0v) is 17.1. The van der Waals surface area contributed by atoms with Crippen molar-refractivity contribution in [3.8, 4) is 6.07 Å². The Morgan fingerprint density at radius 3 is 2.15 bits per heavy atom. The number of nitrogens with zero attached hydrogens (tertiary/aromatic N) is 1. The molecular weight excluding hydrogens is 386 g/mol. The Labute approximate surface area is 166 Å². The predicted molar refractivity (Wildman–Crippen MR) is 105 cm³/mol. The van der Waals surface area contributed by atoms with Crippen LogP contribution in [-0.2, 0) is 24.7 Å². The number of carbonyl (C=O) groups is 2. The van der Waals surface area contributed by atoms with Crippen molar-refractivity contribution in [3.05, 3.63) is 47.0 Å². The van der Waals surface area contributed by atoms with Gasteiger partial charge in [-0.3, -0.25) is 9.59 Å². The van der Waals surface area contributed by atoms with Crippen LogP contribution in [0.5, 0.6) is 0 Å². The molecule has 1 aromatic rings. The van der Waals surface area contributed by atoms with E-state index < -0.39 is 29.4 Å². The Kier molecular flexibility index (Phi) is 6.98. The van der Waals surface area contributed by atoms with Gasteiger partial charge in [-0.1, -0.05) is 30.3 Å². The number of thioether (sulfide) groups is 2. The van der Waals surface area contributed by atoms with E-state index in [0.29, 0.717) is 11.1 Å². The fourth-order valence-corrected chi connectivity index (χ4v) is 5.41. The molecule has 1 aliphatic rings. The molecule has 0 aliphatic heterocycles. The molecule has 0 amide bonds. The summed E-state index contributed by atoms with van der Waals surface area (Å²) in [4.78, 5) is 25.2. The van der Waals surface area contributed by atoms with Crippen LogP contribution in [0.25, 0.3) is 0 Å². The Morgan fingerprint density at radius 1 is 1.15 bits per heavy atom. The molecule has 1 N–H and O–H groups in total. The number of esters is 2. The van der Waals surface area contributed by atoms with Gasteiger partial charge in [-0.05, 0) is 18.1 Å². The molecule has 0 bridgehead atoms. The van der Waals surface area contributed by atoms with Crippen molar-refractivity contribution in [3.63, 3.8) is 0 Å². The number of aliphatic hydroxyl groups is 1. The fraction of sp³-hybridized carbons (Fsp3) is 0.421. The maximum absolute atomic E-state index is 12.7. The minimum atomic E-state index is -1.87. The molecule has 0 aromatic heterocycles. The van der Waals surface area contributed by atoms with Gasteiger partial charge in [-0.25, -0.2) is 0 Å². The van der Waals surface area contributed by atoms with Gasteiger partial charge >= 0.3 is 11.9 Å². The maximum Gasteiger partial charge on any atom is 0.314 e. The van der Waals surface area contributed by atoms with Crippen molar-refractivity contribution in [2.24, 2.45) is 11.8 Å². The van der Waals surface area contributed by atoms with Gasteiger partial charge in [-0.2, -0.15) is 5.26 Å². The van der Waals surface area contributed by atoms with Crippen LogP contribution in [0.2, 0.25) is 0 Å². The van der Waals surface area contributed by atoms with Crippen LogP contribution in [-0.4, -0.2) is 48.4 Å². The van der Waals surface area contributed by atoms with E-state index in [1.165, 1.54) is 37.7 Å². The standard InChI is InChI=1S/C19H21NO5S2/c1-24-16(21)13-12(10-20)14(18(26-3)27-4)19(23,15(13)17(22)25-2)11-8-6-5-7-9-11/h5-9,13,15,18,23H,1-4H3/t13-,15-,19-/m0/s1. The van der Waals surface area contributed by atoms with Gasteiger partial charge in [0.2, 0.25) is 0 Å². The molecule has 27 heavy (non-hydrogen) atoms. The van der Waals surface area contributed by atoms with E-state index in [2.05, 4.69) is 0 Å². The molecule has 0 heterocycles. The molecule has 6 nitrogen and oxygen atoms in total. The summed E-state index contributed by atoms with van der Waals surface area (Å²) in [7, 11) is 2.37. The topological polar surface area (TPSA) is 96.6 Å². The van der Waals surface area contributed by atoms with E-state index in [1.807, 2.05) is 18.6 Å². The average molecular weight is 408 g/mol. The van der Waals surface area contributed by atoms with E-state index in [9.17, 15) is 20.0 Å². The third-order valence-corrected chi connectivity index (χ3v) is 7.19. The minimum absolute atomic E-state index is 0.0531. The normalized spacial score (nSPS) is 24.6. The summed E-state index contributed by atoms with van der Waals surface area (Å²) in [5, 5.41) is 21.7. The lowest BCUT2D eigenvalue weighted by atomic mass is 9.77. The lowest BCUT2D eigenvalue weighted by Gasteiger charge is -2.35. The fourth-order valence-electron chi connectivity index (χ4n) is 3.56. The summed E-state index contributed by atoms with van der Waals surface area (Å²) in [5.74, 6) is -4.09.